The van der Waals surface area contributed by atoms with E-state index >= 15 is 0 Å². The van der Waals surface area contributed by atoms with Crippen LogP contribution in [0.25, 0.3) is 0 Å². The fourth-order valence-electron chi connectivity index (χ4n) is 1.24. The lowest BCUT2D eigenvalue weighted by Gasteiger charge is -2.09. The second kappa shape index (κ2) is 5.42. The minimum atomic E-state index is -0.528. The van der Waals surface area contributed by atoms with Gasteiger partial charge in [0.25, 0.3) is 0 Å². The molecule has 0 aliphatic heterocycles. The van der Waals surface area contributed by atoms with Gasteiger partial charge < -0.3 is 9.47 Å². The first-order valence-corrected chi connectivity index (χ1v) is 4.74. The Labute approximate surface area is 82.9 Å². The number of esters is 2. The van der Waals surface area contributed by atoms with Gasteiger partial charge >= 0.3 is 11.9 Å². The molecule has 0 N–H and O–H groups in total. The maximum atomic E-state index is 11.1. The van der Waals surface area contributed by atoms with Gasteiger partial charge in [0.05, 0.1) is 6.61 Å². The topological polar surface area (TPSA) is 52.6 Å². The zero-order valence-corrected chi connectivity index (χ0v) is 8.19. The van der Waals surface area contributed by atoms with Crippen LogP contribution in [0, 0.1) is 0 Å². The van der Waals surface area contributed by atoms with E-state index in [1.54, 1.807) is 6.92 Å². The molecule has 0 aromatic carbocycles. The maximum absolute atomic E-state index is 11.1. The quantitative estimate of drug-likeness (QED) is 0.387. The third kappa shape index (κ3) is 3.60. The summed E-state index contributed by atoms with van der Waals surface area (Å²) in [6, 6.07) is 0. The summed E-state index contributed by atoms with van der Waals surface area (Å²) in [5.74, 6) is -1.04. The zero-order valence-electron chi connectivity index (χ0n) is 8.19. The Balaban J connectivity index is 2.21. The van der Waals surface area contributed by atoms with Gasteiger partial charge in [0.1, 0.15) is 12.5 Å². The van der Waals surface area contributed by atoms with Crippen LogP contribution in [-0.2, 0) is 19.1 Å². The first-order chi connectivity index (χ1) is 6.72. The van der Waals surface area contributed by atoms with Crippen LogP contribution < -0.4 is 0 Å². The number of carbonyl (C=O) groups is 2. The normalized spacial score (nSPS) is 19.4. The van der Waals surface area contributed by atoms with E-state index in [9.17, 15) is 9.59 Å². The highest BCUT2D eigenvalue weighted by atomic mass is 16.6. The smallest absolute Gasteiger partial charge is 0.317 e. The largest absolute Gasteiger partial charge is 0.466 e. The fourth-order valence-corrected chi connectivity index (χ4v) is 1.24. The van der Waals surface area contributed by atoms with Crippen LogP contribution in [0.2, 0.25) is 0 Å². The van der Waals surface area contributed by atoms with Crippen molar-refractivity contribution in [2.45, 2.75) is 32.3 Å². The third-order valence-electron chi connectivity index (χ3n) is 1.85. The SMILES string of the molecule is CCOC(=O)CC(=O)OC1C=CCC1. The summed E-state index contributed by atoms with van der Waals surface area (Å²) in [5.41, 5.74) is 0. The molecule has 0 aromatic rings. The highest BCUT2D eigenvalue weighted by molar-refractivity contribution is 5.91. The van der Waals surface area contributed by atoms with Crippen LogP contribution in [0.3, 0.4) is 0 Å². The zero-order chi connectivity index (χ0) is 10.4. The van der Waals surface area contributed by atoms with Crippen LogP contribution in [0.4, 0.5) is 0 Å². The number of carbonyl (C=O) groups excluding carboxylic acids is 2. The van der Waals surface area contributed by atoms with Gasteiger partial charge in [0.2, 0.25) is 0 Å². The summed E-state index contributed by atoms with van der Waals surface area (Å²) >= 11 is 0. The lowest BCUT2D eigenvalue weighted by Crippen LogP contribution is -2.18. The number of ether oxygens (including phenoxy) is 2. The lowest BCUT2D eigenvalue weighted by molar-refractivity contribution is -0.156. The van der Waals surface area contributed by atoms with E-state index in [4.69, 9.17) is 4.74 Å². The standard InChI is InChI=1S/C10H14O4/c1-2-13-9(11)7-10(12)14-8-5-3-4-6-8/h3,5,8H,2,4,6-7H2,1H3. The van der Waals surface area contributed by atoms with Crippen molar-refractivity contribution in [1.29, 1.82) is 0 Å². The molecular weight excluding hydrogens is 184 g/mol. The van der Waals surface area contributed by atoms with E-state index in [1.807, 2.05) is 12.2 Å². The second-order valence-corrected chi connectivity index (χ2v) is 3.02. The summed E-state index contributed by atoms with van der Waals surface area (Å²) in [5, 5.41) is 0. The number of allylic oxidation sites excluding steroid dienone is 1. The van der Waals surface area contributed by atoms with Crippen molar-refractivity contribution in [3.8, 4) is 0 Å². The molecular formula is C10H14O4. The van der Waals surface area contributed by atoms with E-state index in [0.717, 1.165) is 12.8 Å². The number of hydrogen-bond acceptors (Lipinski definition) is 4. The highest BCUT2D eigenvalue weighted by Crippen LogP contribution is 2.13. The average Bonchev–Trinajstić information content (AvgIpc) is 2.56. The first kappa shape index (κ1) is 10.8. The van der Waals surface area contributed by atoms with Gasteiger partial charge in [-0.1, -0.05) is 6.08 Å². The molecule has 0 saturated heterocycles. The highest BCUT2D eigenvalue weighted by Gasteiger charge is 2.17. The van der Waals surface area contributed by atoms with Gasteiger partial charge in [0, 0.05) is 0 Å². The van der Waals surface area contributed by atoms with Crippen molar-refractivity contribution in [2.75, 3.05) is 6.61 Å². The molecule has 0 aromatic heterocycles. The summed E-state index contributed by atoms with van der Waals surface area (Å²) in [6.07, 6.45) is 5.09. The molecule has 0 radical (unpaired) electrons. The molecule has 0 fully saturated rings. The third-order valence-corrected chi connectivity index (χ3v) is 1.85. The second-order valence-electron chi connectivity index (χ2n) is 3.02. The monoisotopic (exact) mass is 198 g/mol. The number of rotatable bonds is 4. The molecule has 1 atom stereocenters. The Bertz CT molecular complexity index is 245. The predicted octanol–water partition coefficient (Wildman–Crippen LogP) is 1.20. The summed E-state index contributed by atoms with van der Waals surface area (Å²) in [7, 11) is 0. The minimum Gasteiger partial charge on any atom is -0.466 e. The van der Waals surface area contributed by atoms with Gasteiger partial charge in [-0.15, -0.1) is 0 Å². The van der Waals surface area contributed by atoms with Gasteiger partial charge in [-0.25, -0.2) is 0 Å². The molecule has 0 saturated carbocycles. The molecule has 14 heavy (non-hydrogen) atoms. The van der Waals surface area contributed by atoms with E-state index in [2.05, 4.69) is 4.74 Å². The van der Waals surface area contributed by atoms with E-state index in [0.29, 0.717) is 0 Å². The lowest BCUT2D eigenvalue weighted by atomic mass is 10.3. The molecule has 1 aliphatic rings. The van der Waals surface area contributed by atoms with Crippen molar-refractivity contribution in [2.24, 2.45) is 0 Å². The van der Waals surface area contributed by atoms with Crippen molar-refractivity contribution in [3.63, 3.8) is 0 Å². The maximum Gasteiger partial charge on any atom is 0.317 e. The summed E-state index contributed by atoms with van der Waals surface area (Å²) < 4.78 is 9.62. The molecule has 0 amide bonds. The van der Waals surface area contributed by atoms with Crippen LogP contribution in [0.1, 0.15) is 26.2 Å². The van der Waals surface area contributed by atoms with Gasteiger partial charge in [-0.05, 0) is 25.8 Å². The Morgan fingerprint density at radius 2 is 2.21 bits per heavy atom. The van der Waals surface area contributed by atoms with Crippen LogP contribution in [0.5, 0.6) is 0 Å². The van der Waals surface area contributed by atoms with E-state index in [-0.39, 0.29) is 19.1 Å². The molecule has 0 bridgehead atoms. The summed E-state index contributed by atoms with van der Waals surface area (Å²) in [6.45, 7) is 1.98. The van der Waals surface area contributed by atoms with Crippen LogP contribution >= 0.6 is 0 Å². The predicted molar refractivity (Wildman–Crippen MR) is 49.5 cm³/mol. The van der Waals surface area contributed by atoms with Crippen molar-refractivity contribution >= 4 is 11.9 Å². The molecule has 78 valence electrons. The minimum absolute atomic E-state index is 0.156. The van der Waals surface area contributed by atoms with Crippen LogP contribution in [0.15, 0.2) is 12.2 Å². The van der Waals surface area contributed by atoms with Gasteiger partial charge in [-0.3, -0.25) is 9.59 Å². The first-order valence-electron chi connectivity index (χ1n) is 4.74. The Hall–Kier alpha value is -1.32. The Morgan fingerprint density at radius 1 is 1.43 bits per heavy atom. The molecule has 1 aliphatic carbocycles. The van der Waals surface area contributed by atoms with Crippen molar-refractivity contribution in [3.05, 3.63) is 12.2 Å². The molecule has 4 heteroatoms. The van der Waals surface area contributed by atoms with Crippen molar-refractivity contribution in [1.82, 2.24) is 0 Å². The van der Waals surface area contributed by atoms with Gasteiger partial charge in [-0.2, -0.15) is 0 Å². The molecule has 0 heterocycles. The molecule has 1 rings (SSSR count). The summed E-state index contributed by atoms with van der Waals surface area (Å²) in [4.78, 5) is 22.0. The Kier molecular flexibility index (Phi) is 4.16. The van der Waals surface area contributed by atoms with Crippen LogP contribution in [-0.4, -0.2) is 24.6 Å². The van der Waals surface area contributed by atoms with Crippen molar-refractivity contribution < 1.29 is 19.1 Å². The average molecular weight is 198 g/mol. The molecule has 1 unspecified atom stereocenters. The number of hydrogen-bond donors (Lipinski definition) is 0. The van der Waals surface area contributed by atoms with E-state index in [1.165, 1.54) is 0 Å². The fraction of sp³-hybridized carbons (Fsp3) is 0.600. The van der Waals surface area contributed by atoms with Gasteiger partial charge in [0.15, 0.2) is 0 Å². The Morgan fingerprint density at radius 3 is 2.79 bits per heavy atom. The van der Waals surface area contributed by atoms with E-state index < -0.39 is 11.9 Å². The molecule has 4 nitrogen and oxygen atoms in total. The molecule has 0 spiro atoms.